The minimum atomic E-state index is -0.0348. The zero-order valence-corrected chi connectivity index (χ0v) is 13.9. The molecule has 1 aliphatic heterocycles. The second-order valence-electron chi connectivity index (χ2n) is 5.06. The minimum Gasteiger partial charge on any atom is -0.309 e. The third kappa shape index (κ3) is 2.53. The Balaban J connectivity index is 1.91. The summed E-state index contributed by atoms with van der Waals surface area (Å²) in [6.45, 7) is 1.96. The van der Waals surface area contributed by atoms with E-state index in [9.17, 15) is 4.79 Å². The summed E-state index contributed by atoms with van der Waals surface area (Å²) in [4.78, 5) is 21.9. The number of hydrogen-bond acceptors (Lipinski definition) is 6. The summed E-state index contributed by atoms with van der Waals surface area (Å²) in [6, 6.07) is 5.87. The number of anilines is 1. The molecule has 0 radical (unpaired) electrons. The molecule has 1 N–H and O–H groups in total. The van der Waals surface area contributed by atoms with Gasteiger partial charge in [0.1, 0.15) is 5.82 Å². The van der Waals surface area contributed by atoms with Crippen molar-refractivity contribution in [3.63, 3.8) is 0 Å². The molecule has 0 fully saturated rings. The van der Waals surface area contributed by atoms with Gasteiger partial charge in [-0.1, -0.05) is 6.07 Å². The summed E-state index contributed by atoms with van der Waals surface area (Å²) >= 11 is 3.31. The van der Waals surface area contributed by atoms with Gasteiger partial charge in [0.05, 0.1) is 16.7 Å². The van der Waals surface area contributed by atoms with Crippen LogP contribution in [0.25, 0.3) is 5.95 Å². The Labute approximate surface area is 141 Å². The van der Waals surface area contributed by atoms with E-state index in [1.165, 1.54) is 4.88 Å². The maximum atomic E-state index is 12.1. The van der Waals surface area contributed by atoms with Crippen LogP contribution in [0.4, 0.5) is 5.82 Å². The topological polar surface area (TPSA) is 72.7 Å². The highest BCUT2D eigenvalue weighted by atomic mass is 32.2. The van der Waals surface area contributed by atoms with Crippen LogP contribution >= 0.6 is 23.1 Å². The molecule has 1 unspecified atom stereocenters. The zero-order chi connectivity index (χ0) is 15.8. The van der Waals surface area contributed by atoms with Gasteiger partial charge in [0.2, 0.25) is 5.91 Å². The van der Waals surface area contributed by atoms with Gasteiger partial charge in [-0.05, 0) is 24.4 Å². The van der Waals surface area contributed by atoms with E-state index in [0.717, 1.165) is 11.3 Å². The molecule has 8 heteroatoms. The van der Waals surface area contributed by atoms with E-state index >= 15 is 0 Å². The number of hydrogen-bond donors (Lipinski definition) is 1. The fourth-order valence-corrected chi connectivity index (χ4v) is 4.76. The summed E-state index contributed by atoms with van der Waals surface area (Å²) in [6.07, 6.45) is 3.32. The van der Waals surface area contributed by atoms with Gasteiger partial charge in [-0.3, -0.25) is 4.79 Å². The summed E-state index contributed by atoms with van der Waals surface area (Å²) in [5.41, 5.74) is 1.90. The molecule has 3 aromatic heterocycles. The molecular formula is C15H13N5OS2. The molecule has 6 nitrogen and oxygen atoms in total. The molecule has 0 saturated carbocycles. The van der Waals surface area contributed by atoms with Crippen LogP contribution in [0.1, 0.15) is 21.4 Å². The van der Waals surface area contributed by atoms with Crippen LogP contribution in [0.5, 0.6) is 0 Å². The third-order valence-electron chi connectivity index (χ3n) is 3.55. The van der Waals surface area contributed by atoms with Gasteiger partial charge in [0, 0.05) is 22.8 Å². The number of thioether (sulfide) groups is 1. The molecule has 1 atom stereocenters. The van der Waals surface area contributed by atoms with Crippen molar-refractivity contribution in [2.75, 3.05) is 11.1 Å². The maximum absolute atomic E-state index is 12.1. The molecule has 0 bridgehead atoms. The van der Waals surface area contributed by atoms with Crippen molar-refractivity contribution in [1.29, 1.82) is 0 Å². The quantitative estimate of drug-likeness (QED) is 0.774. The molecule has 1 aliphatic rings. The predicted molar refractivity (Wildman–Crippen MR) is 91.1 cm³/mol. The van der Waals surface area contributed by atoms with Crippen LogP contribution < -0.4 is 5.32 Å². The van der Waals surface area contributed by atoms with E-state index in [-0.39, 0.29) is 11.2 Å². The van der Waals surface area contributed by atoms with Gasteiger partial charge in [0.25, 0.3) is 5.95 Å². The molecule has 116 valence electrons. The van der Waals surface area contributed by atoms with Crippen molar-refractivity contribution in [2.24, 2.45) is 0 Å². The summed E-state index contributed by atoms with van der Waals surface area (Å²) in [5.74, 6) is 1.50. The van der Waals surface area contributed by atoms with Crippen molar-refractivity contribution in [3.8, 4) is 5.95 Å². The lowest BCUT2D eigenvalue weighted by Crippen LogP contribution is -2.16. The molecule has 4 heterocycles. The molecule has 23 heavy (non-hydrogen) atoms. The predicted octanol–water partition coefficient (Wildman–Crippen LogP) is 2.81. The van der Waals surface area contributed by atoms with Gasteiger partial charge in [0.15, 0.2) is 0 Å². The largest absolute Gasteiger partial charge is 0.309 e. The maximum Gasteiger partial charge on any atom is 0.252 e. The molecule has 0 aliphatic carbocycles. The standard InChI is InChI=1S/C15H13N5OS2/c1-9-12-13(10-4-2-7-22-10)23-8-11(21)18-14(12)20(19-9)15-16-5-3-6-17-15/h2-7,13H,8H2,1H3,(H,18,21). The van der Waals surface area contributed by atoms with Crippen molar-refractivity contribution >= 4 is 34.8 Å². The number of nitrogens with one attached hydrogen (secondary N) is 1. The normalized spacial score (nSPS) is 17.4. The number of thiophene rings is 1. The SMILES string of the molecule is Cc1nn(-c2ncccn2)c2c1C(c1cccs1)SCC(=O)N2. The Bertz CT molecular complexity index is 844. The minimum absolute atomic E-state index is 0.0348. The van der Waals surface area contributed by atoms with Crippen molar-refractivity contribution in [1.82, 2.24) is 19.7 Å². The van der Waals surface area contributed by atoms with Gasteiger partial charge in [-0.25, -0.2) is 9.97 Å². The number of fused-ring (bicyclic) bond motifs is 1. The highest BCUT2D eigenvalue weighted by molar-refractivity contribution is 8.00. The highest BCUT2D eigenvalue weighted by Gasteiger charge is 2.31. The van der Waals surface area contributed by atoms with Crippen LogP contribution in [0.3, 0.4) is 0 Å². The highest BCUT2D eigenvalue weighted by Crippen LogP contribution is 2.44. The van der Waals surface area contributed by atoms with Gasteiger partial charge in [-0.15, -0.1) is 23.1 Å². The van der Waals surface area contributed by atoms with E-state index in [4.69, 9.17) is 0 Å². The van der Waals surface area contributed by atoms with Crippen molar-refractivity contribution < 1.29 is 4.79 Å². The first kappa shape index (κ1) is 14.4. The summed E-state index contributed by atoms with van der Waals surface area (Å²) in [7, 11) is 0. The van der Waals surface area contributed by atoms with Gasteiger partial charge in [-0.2, -0.15) is 9.78 Å². The average Bonchev–Trinajstić information content (AvgIpc) is 3.15. The van der Waals surface area contributed by atoms with Crippen LogP contribution in [0.15, 0.2) is 36.0 Å². The molecule has 3 aromatic rings. The average molecular weight is 343 g/mol. The number of amides is 1. The molecule has 1 amide bonds. The van der Waals surface area contributed by atoms with E-state index in [1.807, 2.05) is 13.0 Å². The Morgan fingerprint density at radius 1 is 1.30 bits per heavy atom. The molecule has 4 rings (SSSR count). The smallest absolute Gasteiger partial charge is 0.252 e. The van der Waals surface area contributed by atoms with Crippen LogP contribution in [0.2, 0.25) is 0 Å². The van der Waals surface area contributed by atoms with Crippen molar-refractivity contribution in [3.05, 3.63) is 52.1 Å². The van der Waals surface area contributed by atoms with Crippen LogP contribution in [-0.4, -0.2) is 31.4 Å². The Hall–Kier alpha value is -2.19. The number of carbonyl (C=O) groups is 1. The Morgan fingerprint density at radius 3 is 2.87 bits per heavy atom. The van der Waals surface area contributed by atoms with E-state index in [1.54, 1.807) is 46.2 Å². The summed E-state index contributed by atoms with van der Waals surface area (Å²) < 4.78 is 1.62. The molecule has 0 spiro atoms. The van der Waals surface area contributed by atoms with Crippen LogP contribution in [-0.2, 0) is 4.79 Å². The summed E-state index contributed by atoms with van der Waals surface area (Å²) in [5, 5.41) is 9.67. The lowest BCUT2D eigenvalue weighted by Gasteiger charge is -2.12. The third-order valence-corrected chi connectivity index (χ3v) is 5.89. The second-order valence-corrected chi connectivity index (χ2v) is 7.14. The fraction of sp³-hybridized carbons (Fsp3) is 0.200. The van der Waals surface area contributed by atoms with Gasteiger partial charge < -0.3 is 5.32 Å². The molecular weight excluding hydrogens is 330 g/mol. The lowest BCUT2D eigenvalue weighted by molar-refractivity contribution is -0.113. The Morgan fingerprint density at radius 2 is 2.13 bits per heavy atom. The first-order valence-electron chi connectivity index (χ1n) is 7.06. The second kappa shape index (κ2) is 5.78. The van der Waals surface area contributed by atoms with E-state index in [0.29, 0.717) is 17.5 Å². The number of aryl methyl sites for hydroxylation is 1. The van der Waals surface area contributed by atoms with Crippen LogP contribution in [0, 0.1) is 6.92 Å². The number of carbonyl (C=O) groups excluding carboxylic acids is 1. The van der Waals surface area contributed by atoms with E-state index < -0.39 is 0 Å². The first-order valence-corrected chi connectivity index (χ1v) is 8.98. The fourth-order valence-electron chi connectivity index (χ4n) is 2.59. The number of nitrogens with zero attached hydrogens (tertiary/aromatic N) is 4. The van der Waals surface area contributed by atoms with Gasteiger partial charge >= 0.3 is 0 Å². The number of rotatable bonds is 2. The molecule has 0 saturated heterocycles. The lowest BCUT2D eigenvalue weighted by atomic mass is 10.1. The monoisotopic (exact) mass is 343 g/mol. The molecule has 0 aromatic carbocycles. The zero-order valence-electron chi connectivity index (χ0n) is 12.3. The van der Waals surface area contributed by atoms with E-state index in [2.05, 4.69) is 31.8 Å². The first-order chi connectivity index (χ1) is 11.2. The van der Waals surface area contributed by atoms with Crippen molar-refractivity contribution in [2.45, 2.75) is 12.2 Å². The Kier molecular flexibility index (Phi) is 3.62. The number of aromatic nitrogens is 4.